The summed E-state index contributed by atoms with van der Waals surface area (Å²) < 4.78 is 45.6. The lowest BCUT2D eigenvalue weighted by atomic mass is 9.93. The van der Waals surface area contributed by atoms with Gasteiger partial charge in [0.05, 0.1) is 19.5 Å². The molecule has 118 valence electrons. The molecule has 2 heterocycles. The van der Waals surface area contributed by atoms with Gasteiger partial charge in [-0.3, -0.25) is 8.96 Å². The second-order valence-electron chi connectivity index (χ2n) is 4.72. The minimum atomic E-state index is -2.17. The molecule has 0 bridgehead atoms. The molecule has 1 aromatic heterocycles. The van der Waals surface area contributed by atoms with E-state index in [9.17, 15) is 28.2 Å². The maximum Gasteiger partial charge on any atom is 0.351 e. The fourth-order valence-electron chi connectivity index (χ4n) is 2.25. The topological polar surface area (TPSA) is 111 Å². The van der Waals surface area contributed by atoms with Crippen LogP contribution in [0.2, 0.25) is 0 Å². The summed E-state index contributed by atoms with van der Waals surface area (Å²) in [5.41, 5.74) is 2.10. The monoisotopic (exact) mass is 309 g/mol. The van der Waals surface area contributed by atoms with Gasteiger partial charge in [-0.05, 0) is 0 Å². The molecule has 0 aromatic carbocycles. The number of ether oxygens (including phenoxy) is 1. The molecular weight excluding hydrogens is 295 g/mol. The van der Waals surface area contributed by atoms with Crippen molar-refractivity contribution in [1.29, 1.82) is 0 Å². The summed E-state index contributed by atoms with van der Waals surface area (Å²) in [7, 11) is 0. The molecule has 2 rings (SSSR count). The van der Waals surface area contributed by atoms with Gasteiger partial charge in [0.25, 0.3) is 0 Å². The van der Waals surface area contributed by atoms with Crippen LogP contribution in [-0.4, -0.2) is 50.9 Å². The molecule has 1 fully saturated rings. The summed E-state index contributed by atoms with van der Waals surface area (Å²) in [6.07, 6.45) is -5.70. The zero-order valence-corrected chi connectivity index (χ0v) is 10.7. The number of nitrogen functional groups attached to an aromatic ring is 1. The van der Waals surface area contributed by atoms with Crippen molar-refractivity contribution in [3.8, 4) is 0 Å². The molecule has 0 amide bonds. The molecule has 0 radical (unpaired) electrons. The molecule has 7 nitrogen and oxygen atoms in total. The molecule has 4 N–H and O–H groups in total. The number of alkyl halides is 2. The number of rotatable bonds is 4. The maximum absolute atomic E-state index is 14.1. The van der Waals surface area contributed by atoms with Crippen LogP contribution in [0, 0.1) is 5.82 Å². The van der Waals surface area contributed by atoms with Crippen LogP contribution in [0.5, 0.6) is 0 Å². The van der Waals surface area contributed by atoms with Crippen molar-refractivity contribution in [3.05, 3.63) is 22.5 Å². The molecule has 0 unspecified atom stereocenters. The van der Waals surface area contributed by atoms with Crippen LogP contribution >= 0.6 is 0 Å². The molecule has 1 aliphatic rings. The van der Waals surface area contributed by atoms with Crippen molar-refractivity contribution in [2.24, 2.45) is 0 Å². The predicted octanol–water partition coefficient (Wildman–Crippen LogP) is -0.717. The van der Waals surface area contributed by atoms with Crippen LogP contribution in [0.4, 0.5) is 19.0 Å². The number of anilines is 1. The maximum atomic E-state index is 14.1. The van der Waals surface area contributed by atoms with Crippen molar-refractivity contribution in [2.45, 2.75) is 30.5 Å². The van der Waals surface area contributed by atoms with Gasteiger partial charge in [-0.1, -0.05) is 0 Å². The molecule has 1 saturated heterocycles. The molecule has 4 atom stereocenters. The first-order valence-corrected chi connectivity index (χ1v) is 6.07. The Kier molecular flexibility index (Phi) is 4.21. The number of hydrogen-bond donors (Lipinski definition) is 3. The zero-order valence-electron chi connectivity index (χ0n) is 10.7. The third-order valence-electron chi connectivity index (χ3n) is 3.46. The summed E-state index contributed by atoms with van der Waals surface area (Å²) in [6, 6.07) is 0. The minimum absolute atomic E-state index is 0.467. The summed E-state index contributed by atoms with van der Waals surface area (Å²) in [5.74, 6) is -1.74. The van der Waals surface area contributed by atoms with Gasteiger partial charge < -0.3 is 20.7 Å². The van der Waals surface area contributed by atoms with E-state index < -0.39 is 61.1 Å². The fourth-order valence-corrected chi connectivity index (χ4v) is 2.25. The molecular formula is C11H14F3N3O4. The van der Waals surface area contributed by atoms with E-state index in [4.69, 9.17) is 10.5 Å². The summed E-state index contributed by atoms with van der Waals surface area (Å²) in [5, 5.41) is 19.1. The molecule has 1 aromatic rings. The smallest absolute Gasteiger partial charge is 0.351 e. The third-order valence-corrected chi connectivity index (χ3v) is 3.46. The summed E-state index contributed by atoms with van der Waals surface area (Å²) in [6.45, 7) is -1.85. The number of nitrogens with zero attached hydrogens (tertiary/aromatic N) is 2. The number of hydrogen-bond acceptors (Lipinski definition) is 6. The van der Waals surface area contributed by atoms with Crippen LogP contribution in [0.15, 0.2) is 11.0 Å². The largest absolute Gasteiger partial charge is 0.393 e. The number of aromatic nitrogens is 2. The van der Waals surface area contributed by atoms with Gasteiger partial charge >= 0.3 is 5.69 Å². The van der Waals surface area contributed by atoms with E-state index in [2.05, 4.69) is 4.98 Å². The highest BCUT2D eigenvalue weighted by Crippen LogP contribution is 2.40. The Morgan fingerprint density at radius 2 is 2.24 bits per heavy atom. The van der Waals surface area contributed by atoms with E-state index >= 15 is 0 Å². The van der Waals surface area contributed by atoms with E-state index in [0.29, 0.717) is 10.8 Å². The Morgan fingerprint density at radius 3 is 2.81 bits per heavy atom. The highest BCUT2D eigenvalue weighted by atomic mass is 19.1. The van der Waals surface area contributed by atoms with Crippen LogP contribution < -0.4 is 11.4 Å². The van der Waals surface area contributed by atoms with Crippen LogP contribution in [0.1, 0.15) is 12.6 Å². The first-order chi connectivity index (χ1) is 9.86. The number of aliphatic hydroxyl groups excluding tert-OH is 2. The lowest BCUT2D eigenvalue weighted by Crippen LogP contribution is -2.45. The van der Waals surface area contributed by atoms with Crippen molar-refractivity contribution in [2.75, 3.05) is 19.0 Å². The molecule has 0 saturated carbocycles. The predicted molar refractivity (Wildman–Crippen MR) is 64.3 cm³/mol. The van der Waals surface area contributed by atoms with Crippen LogP contribution in [0.3, 0.4) is 0 Å². The van der Waals surface area contributed by atoms with Gasteiger partial charge in [-0.2, -0.15) is 4.98 Å². The van der Waals surface area contributed by atoms with Gasteiger partial charge in [0.2, 0.25) is 0 Å². The van der Waals surface area contributed by atoms with Gasteiger partial charge in [-0.25, -0.2) is 13.6 Å². The fraction of sp³-hybridized carbons (Fsp3) is 0.636. The first kappa shape index (κ1) is 15.7. The van der Waals surface area contributed by atoms with E-state index in [1.54, 1.807) is 0 Å². The van der Waals surface area contributed by atoms with Gasteiger partial charge in [0, 0.05) is 6.42 Å². The SMILES string of the molecule is Nc1nc(=O)n([C@@H]2O[C@@](CO)(CCF)[C@@H](O)[C@@H]2F)cc1F. The Bertz CT molecular complexity index is 584. The lowest BCUT2D eigenvalue weighted by Gasteiger charge is -2.28. The number of halogens is 3. The second-order valence-corrected chi connectivity index (χ2v) is 4.72. The standard InChI is InChI=1S/C11H14F3N3O4/c12-2-1-11(4-18)7(19)6(14)9(21-11)17-3-5(13)8(15)16-10(17)20/h3,6-7,9,18-19H,1-2,4H2,(H2,15,16,20)/t6-,7-,9+,11+/m0/s1. The summed E-state index contributed by atoms with van der Waals surface area (Å²) in [4.78, 5) is 14.8. The molecule has 0 aliphatic carbocycles. The van der Waals surface area contributed by atoms with Crippen LogP contribution in [0.25, 0.3) is 0 Å². The average Bonchev–Trinajstić information content (AvgIpc) is 2.69. The molecule has 21 heavy (non-hydrogen) atoms. The van der Waals surface area contributed by atoms with Crippen molar-refractivity contribution >= 4 is 5.82 Å². The average molecular weight is 309 g/mol. The first-order valence-electron chi connectivity index (χ1n) is 6.07. The Morgan fingerprint density at radius 1 is 1.57 bits per heavy atom. The Balaban J connectivity index is 2.42. The van der Waals surface area contributed by atoms with Crippen molar-refractivity contribution in [3.63, 3.8) is 0 Å². The highest BCUT2D eigenvalue weighted by molar-refractivity contribution is 5.26. The third kappa shape index (κ3) is 2.49. The van der Waals surface area contributed by atoms with Crippen molar-refractivity contribution in [1.82, 2.24) is 9.55 Å². The number of nitrogens with two attached hydrogens (primary N) is 1. The molecule has 10 heteroatoms. The summed E-state index contributed by atoms with van der Waals surface area (Å²) >= 11 is 0. The zero-order chi connectivity index (χ0) is 15.8. The molecule has 0 spiro atoms. The van der Waals surface area contributed by atoms with Gasteiger partial charge in [0.1, 0.15) is 11.7 Å². The van der Waals surface area contributed by atoms with Crippen LogP contribution in [-0.2, 0) is 4.74 Å². The van der Waals surface area contributed by atoms with E-state index in [0.717, 1.165) is 0 Å². The number of aliphatic hydroxyl groups is 2. The normalized spacial score (nSPS) is 32.5. The second kappa shape index (κ2) is 5.62. The molecule has 1 aliphatic heterocycles. The van der Waals surface area contributed by atoms with Crippen molar-refractivity contribution < 1.29 is 28.1 Å². The van der Waals surface area contributed by atoms with Gasteiger partial charge in [0.15, 0.2) is 24.0 Å². The Hall–Kier alpha value is -1.65. The van der Waals surface area contributed by atoms with Gasteiger partial charge in [-0.15, -0.1) is 0 Å². The quantitative estimate of drug-likeness (QED) is 0.677. The minimum Gasteiger partial charge on any atom is -0.393 e. The van der Waals surface area contributed by atoms with E-state index in [1.165, 1.54) is 0 Å². The lowest BCUT2D eigenvalue weighted by molar-refractivity contribution is -0.134. The van der Waals surface area contributed by atoms with E-state index in [-0.39, 0.29) is 0 Å². The highest BCUT2D eigenvalue weighted by Gasteiger charge is 2.55. The van der Waals surface area contributed by atoms with E-state index in [1.807, 2.05) is 0 Å². The Labute approximate surface area is 116 Å².